The molecular formula is C20H24F2N6O2S2. The van der Waals surface area contributed by atoms with E-state index in [0.29, 0.717) is 18.4 Å². The minimum Gasteiger partial charge on any atom is -0.384 e. The van der Waals surface area contributed by atoms with Crippen molar-refractivity contribution in [1.82, 2.24) is 14.3 Å². The summed E-state index contributed by atoms with van der Waals surface area (Å²) in [6.45, 7) is 6.59. The number of nitrogens with zero attached hydrogens (tertiary/aromatic N) is 4. The van der Waals surface area contributed by atoms with Crippen LogP contribution in [0.3, 0.4) is 0 Å². The highest BCUT2D eigenvalue weighted by molar-refractivity contribution is 7.93. The number of nitrogens with one attached hydrogen (secondary N) is 1. The SMILES string of the molecule is C=C(/C=C(/N)N=CC)[C@H]1CCCCN1Cc1cc(F)c(S(=O)(=O)Nc2ncns2)cc1F. The molecule has 3 N–H and O–H groups in total. The number of rotatable bonds is 8. The Hall–Kier alpha value is -2.70. The largest absolute Gasteiger partial charge is 0.384 e. The predicted molar refractivity (Wildman–Crippen MR) is 121 cm³/mol. The van der Waals surface area contributed by atoms with Gasteiger partial charge in [-0.2, -0.15) is 4.37 Å². The molecule has 1 aromatic carbocycles. The van der Waals surface area contributed by atoms with E-state index in [4.69, 9.17) is 5.73 Å². The van der Waals surface area contributed by atoms with Crippen LogP contribution in [0.25, 0.3) is 0 Å². The molecule has 0 radical (unpaired) electrons. The Morgan fingerprint density at radius 2 is 2.19 bits per heavy atom. The van der Waals surface area contributed by atoms with E-state index in [9.17, 15) is 17.2 Å². The minimum absolute atomic E-state index is 0.0386. The Morgan fingerprint density at radius 1 is 1.41 bits per heavy atom. The van der Waals surface area contributed by atoms with Crippen molar-refractivity contribution in [2.75, 3.05) is 11.3 Å². The second-order valence-electron chi connectivity index (χ2n) is 7.24. The number of halogens is 2. The van der Waals surface area contributed by atoms with Crippen LogP contribution < -0.4 is 10.5 Å². The molecule has 172 valence electrons. The van der Waals surface area contributed by atoms with Gasteiger partial charge in [-0.3, -0.25) is 9.62 Å². The van der Waals surface area contributed by atoms with Crippen LogP contribution in [0, 0.1) is 11.6 Å². The summed E-state index contributed by atoms with van der Waals surface area (Å²) in [4.78, 5) is 8.90. The normalized spacial score (nSPS) is 18.2. The van der Waals surface area contributed by atoms with Crippen LogP contribution in [0.15, 0.2) is 52.4 Å². The number of nitrogens with two attached hydrogens (primary N) is 1. The predicted octanol–water partition coefficient (Wildman–Crippen LogP) is 3.42. The number of likely N-dealkylation sites (tertiary alicyclic amines) is 1. The van der Waals surface area contributed by atoms with Gasteiger partial charge in [0.2, 0.25) is 5.13 Å². The minimum atomic E-state index is -4.35. The van der Waals surface area contributed by atoms with Crippen molar-refractivity contribution in [2.24, 2.45) is 10.7 Å². The molecule has 2 aromatic rings. The number of hydrogen-bond acceptors (Lipinski definition) is 8. The first kappa shape index (κ1) is 24.0. The van der Waals surface area contributed by atoms with E-state index in [0.717, 1.165) is 48.8 Å². The van der Waals surface area contributed by atoms with Crippen LogP contribution in [0.5, 0.6) is 0 Å². The van der Waals surface area contributed by atoms with Crippen molar-refractivity contribution >= 4 is 32.9 Å². The Bertz CT molecular complexity index is 1130. The van der Waals surface area contributed by atoms with Gasteiger partial charge in [-0.05, 0) is 50.1 Å². The Kier molecular flexibility index (Phi) is 7.69. The van der Waals surface area contributed by atoms with Gasteiger partial charge in [0.25, 0.3) is 10.0 Å². The maximum Gasteiger partial charge on any atom is 0.266 e. The highest BCUT2D eigenvalue weighted by Crippen LogP contribution is 2.28. The molecule has 1 aromatic heterocycles. The molecule has 32 heavy (non-hydrogen) atoms. The van der Waals surface area contributed by atoms with Crippen molar-refractivity contribution in [3.05, 3.63) is 59.7 Å². The zero-order valence-corrected chi connectivity index (χ0v) is 19.1. The molecule has 12 heteroatoms. The number of hydrogen-bond donors (Lipinski definition) is 2. The standard InChI is InChI=1S/C20H24F2N6O2S2/c1-3-24-19(23)8-13(2)17-6-4-5-7-28(17)11-14-9-16(22)18(10-15(14)21)32(29,30)27-20-25-12-26-31-20/h3,8-10,12,17H,2,4-7,11,23H2,1H3,(H,25,26,27)/b19-8-,24-3?/t17-/m1/s1. The van der Waals surface area contributed by atoms with Gasteiger partial charge in [-0.15, -0.1) is 0 Å². The summed E-state index contributed by atoms with van der Waals surface area (Å²) in [5.74, 6) is -1.55. The number of aliphatic imine (C=N–C) groups is 1. The number of benzene rings is 1. The third-order valence-electron chi connectivity index (χ3n) is 5.00. The van der Waals surface area contributed by atoms with Gasteiger partial charge in [0.05, 0.1) is 0 Å². The maximum absolute atomic E-state index is 14.8. The second kappa shape index (κ2) is 10.3. The van der Waals surface area contributed by atoms with Gasteiger partial charge in [0.1, 0.15) is 28.7 Å². The first-order chi connectivity index (χ1) is 15.2. The van der Waals surface area contributed by atoms with Gasteiger partial charge in [0, 0.05) is 35.9 Å². The molecule has 0 saturated carbocycles. The van der Waals surface area contributed by atoms with E-state index in [-0.39, 0.29) is 23.3 Å². The molecule has 0 bridgehead atoms. The van der Waals surface area contributed by atoms with Gasteiger partial charge in [-0.25, -0.2) is 27.2 Å². The molecule has 1 aliphatic rings. The summed E-state index contributed by atoms with van der Waals surface area (Å²) < 4.78 is 60.2. The topological polar surface area (TPSA) is 114 Å². The second-order valence-corrected chi connectivity index (χ2v) is 9.67. The average Bonchev–Trinajstić information content (AvgIpc) is 3.23. The van der Waals surface area contributed by atoms with E-state index < -0.39 is 26.6 Å². The summed E-state index contributed by atoms with van der Waals surface area (Å²) in [6.07, 6.45) is 7.07. The smallest absolute Gasteiger partial charge is 0.266 e. The maximum atomic E-state index is 14.8. The lowest BCUT2D eigenvalue weighted by atomic mass is 9.95. The third-order valence-corrected chi connectivity index (χ3v) is 7.06. The van der Waals surface area contributed by atoms with E-state index >= 15 is 0 Å². The van der Waals surface area contributed by atoms with Crippen LogP contribution in [0.2, 0.25) is 0 Å². The van der Waals surface area contributed by atoms with Crippen molar-refractivity contribution < 1.29 is 17.2 Å². The molecule has 8 nitrogen and oxygen atoms in total. The van der Waals surface area contributed by atoms with Gasteiger partial charge >= 0.3 is 0 Å². The van der Waals surface area contributed by atoms with E-state index in [1.54, 1.807) is 19.2 Å². The molecule has 1 atom stereocenters. The fraction of sp³-hybridized carbons (Fsp3) is 0.350. The number of aromatic nitrogens is 2. The number of sulfonamides is 1. The lowest BCUT2D eigenvalue weighted by Gasteiger charge is -2.36. The molecule has 1 aliphatic heterocycles. The van der Waals surface area contributed by atoms with Crippen molar-refractivity contribution in [1.29, 1.82) is 0 Å². The Labute approximate surface area is 189 Å². The Morgan fingerprint density at radius 3 is 2.88 bits per heavy atom. The fourth-order valence-electron chi connectivity index (χ4n) is 3.58. The molecule has 1 fully saturated rings. The van der Waals surface area contributed by atoms with E-state index in [1.807, 2.05) is 4.90 Å². The first-order valence-corrected chi connectivity index (χ1v) is 12.1. The molecule has 1 saturated heterocycles. The monoisotopic (exact) mass is 482 g/mol. The van der Waals surface area contributed by atoms with E-state index in [1.165, 1.54) is 0 Å². The van der Waals surface area contributed by atoms with Crippen molar-refractivity contribution in [3.8, 4) is 0 Å². The van der Waals surface area contributed by atoms with Gasteiger partial charge in [-0.1, -0.05) is 13.0 Å². The van der Waals surface area contributed by atoms with Crippen molar-refractivity contribution in [2.45, 2.75) is 43.7 Å². The van der Waals surface area contributed by atoms with E-state index in [2.05, 4.69) is 25.7 Å². The number of anilines is 1. The van der Waals surface area contributed by atoms with Crippen LogP contribution >= 0.6 is 11.5 Å². The number of piperidine rings is 1. The summed E-state index contributed by atoms with van der Waals surface area (Å²) in [5, 5.41) is -0.0386. The first-order valence-electron chi connectivity index (χ1n) is 9.87. The Balaban J connectivity index is 1.82. The zero-order chi connectivity index (χ0) is 23.3. The molecule has 3 rings (SSSR count). The summed E-state index contributed by atoms with van der Waals surface area (Å²) in [6, 6.07) is 1.50. The molecule has 0 unspecified atom stereocenters. The molecule has 2 heterocycles. The fourth-order valence-corrected chi connectivity index (χ4v) is 5.31. The third kappa shape index (κ3) is 5.75. The molecule has 0 amide bonds. The summed E-state index contributed by atoms with van der Waals surface area (Å²) in [5.41, 5.74) is 6.63. The van der Waals surface area contributed by atoms with Crippen LogP contribution in [-0.2, 0) is 16.6 Å². The average molecular weight is 483 g/mol. The van der Waals surface area contributed by atoms with Gasteiger partial charge in [0.15, 0.2) is 0 Å². The lowest BCUT2D eigenvalue weighted by molar-refractivity contribution is 0.164. The molecule has 0 aliphatic carbocycles. The zero-order valence-electron chi connectivity index (χ0n) is 17.5. The summed E-state index contributed by atoms with van der Waals surface area (Å²) in [7, 11) is -4.35. The van der Waals surface area contributed by atoms with Gasteiger partial charge < -0.3 is 5.73 Å². The summed E-state index contributed by atoms with van der Waals surface area (Å²) >= 11 is 0.786. The van der Waals surface area contributed by atoms with Crippen LogP contribution in [0.4, 0.5) is 13.9 Å². The lowest BCUT2D eigenvalue weighted by Crippen LogP contribution is -2.40. The highest BCUT2D eigenvalue weighted by Gasteiger charge is 2.27. The highest BCUT2D eigenvalue weighted by atomic mass is 32.2. The van der Waals surface area contributed by atoms with Crippen molar-refractivity contribution in [3.63, 3.8) is 0 Å². The van der Waals surface area contributed by atoms with Crippen LogP contribution in [-0.4, -0.2) is 41.5 Å². The quantitative estimate of drug-likeness (QED) is 0.440. The van der Waals surface area contributed by atoms with Crippen LogP contribution in [0.1, 0.15) is 31.7 Å². The molecular weight excluding hydrogens is 458 g/mol. The molecule has 0 spiro atoms.